The zero-order chi connectivity index (χ0) is 19.6. The molecule has 140 valence electrons. The van der Waals surface area contributed by atoms with Crippen molar-refractivity contribution in [1.29, 1.82) is 5.26 Å². The number of anilines is 1. The van der Waals surface area contributed by atoms with Crippen LogP contribution in [0.5, 0.6) is 0 Å². The summed E-state index contributed by atoms with van der Waals surface area (Å²) in [6.07, 6.45) is 3.14. The van der Waals surface area contributed by atoms with Gasteiger partial charge in [-0.25, -0.2) is 13.2 Å². The molecule has 1 N–H and O–H groups in total. The van der Waals surface area contributed by atoms with Crippen molar-refractivity contribution < 1.29 is 18.3 Å². The zero-order valence-corrected chi connectivity index (χ0v) is 15.5. The Morgan fingerprint density at radius 3 is 2.56 bits per heavy atom. The largest absolute Gasteiger partial charge is 0.478 e. The lowest BCUT2D eigenvalue weighted by Crippen LogP contribution is -2.49. The van der Waals surface area contributed by atoms with Crippen LogP contribution in [-0.2, 0) is 10.0 Å². The van der Waals surface area contributed by atoms with E-state index in [1.807, 2.05) is 4.90 Å². The number of aromatic carboxylic acids is 1. The molecule has 8 nitrogen and oxygen atoms in total. The van der Waals surface area contributed by atoms with Crippen LogP contribution in [0.2, 0.25) is 0 Å². The Hall–Kier alpha value is -2.96. The summed E-state index contributed by atoms with van der Waals surface area (Å²) in [5.41, 5.74) is 1.61. The highest BCUT2D eigenvalue weighted by Gasteiger charge is 2.30. The van der Waals surface area contributed by atoms with Gasteiger partial charge in [0.2, 0.25) is 10.0 Å². The van der Waals surface area contributed by atoms with E-state index < -0.39 is 16.0 Å². The van der Waals surface area contributed by atoms with Crippen molar-refractivity contribution >= 4 is 21.7 Å². The Morgan fingerprint density at radius 1 is 1.22 bits per heavy atom. The highest BCUT2D eigenvalue weighted by molar-refractivity contribution is 7.89. The summed E-state index contributed by atoms with van der Waals surface area (Å²) in [6, 6.07) is 7.83. The van der Waals surface area contributed by atoms with Crippen molar-refractivity contribution in [2.45, 2.75) is 11.8 Å². The van der Waals surface area contributed by atoms with E-state index in [1.165, 1.54) is 22.5 Å². The normalized spacial score (nSPS) is 15.3. The van der Waals surface area contributed by atoms with Crippen molar-refractivity contribution in [3.05, 3.63) is 53.3 Å². The predicted molar refractivity (Wildman–Crippen MR) is 98.1 cm³/mol. The minimum atomic E-state index is -3.81. The molecular weight excluding hydrogens is 368 g/mol. The number of carboxylic acid groups (broad SMARTS) is 1. The molecule has 2 heterocycles. The third-order valence-electron chi connectivity index (χ3n) is 4.55. The number of nitriles is 1. The first-order chi connectivity index (χ1) is 12.8. The minimum absolute atomic E-state index is 0.00921. The molecular formula is C18H18N4O4S. The van der Waals surface area contributed by atoms with Crippen LogP contribution in [0.1, 0.15) is 21.5 Å². The van der Waals surface area contributed by atoms with E-state index in [1.54, 1.807) is 25.4 Å². The molecule has 0 unspecified atom stereocenters. The van der Waals surface area contributed by atoms with Crippen molar-refractivity contribution in [3.63, 3.8) is 0 Å². The standard InChI is InChI=1S/C18H18N4O4S/c1-13-2-3-14(18(23)24)10-17(13)27(25,26)22-8-6-21(7-9-22)16-12-20-5-4-15(16)11-19/h2-5,10,12H,6-9H2,1H3,(H,23,24). The van der Waals surface area contributed by atoms with Gasteiger partial charge >= 0.3 is 5.97 Å². The van der Waals surface area contributed by atoms with Gasteiger partial charge in [0.05, 0.1) is 27.9 Å². The van der Waals surface area contributed by atoms with Gasteiger partial charge in [-0.15, -0.1) is 0 Å². The van der Waals surface area contributed by atoms with Crippen molar-refractivity contribution in [2.75, 3.05) is 31.1 Å². The first-order valence-electron chi connectivity index (χ1n) is 8.28. The molecule has 0 amide bonds. The Morgan fingerprint density at radius 2 is 1.93 bits per heavy atom. The third kappa shape index (κ3) is 3.63. The lowest BCUT2D eigenvalue weighted by Gasteiger charge is -2.35. The summed E-state index contributed by atoms with van der Waals surface area (Å²) in [5, 5.41) is 18.4. The molecule has 1 saturated heterocycles. The summed E-state index contributed by atoms with van der Waals surface area (Å²) in [7, 11) is -3.81. The number of pyridine rings is 1. The molecule has 9 heteroatoms. The quantitative estimate of drug-likeness (QED) is 0.846. The van der Waals surface area contributed by atoms with Crippen LogP contribution in [0, 0.1) is 18.3 Å². The van der Waals surface area contributed by atoms with Crippen LogP contribution in [0.4, 0.5) is 5.69 Å². The fourth-order valence-electron chi connectivity index (χ4n) is 3.05. The number of carbonyl (C=O) groups is 1. The van der Waals surface area contributed by atoms with Gasteiger partial charge < -0.3 is 10.0 Å². The number of carboxylic acids is 1. The lowest BCUT2D eigenvalue weighted by molar-refractivity contribution is 0.0696. The second kappa shape index (κ2) is 7.34. The minimum Gasteiger partial charge on any atom is -0.478 e. The van der Waals surface area contributed by atoms with E-state index in [4.69, 9.17) is 5.11 Å². The number of aryl methyl sites for hydroxylation is 1. The van der Waals surface area contributed by atoms with Crippen LogP contribution in [0.15, 0.2) is 41.6 Å². The molecule has 27 heavy (non-hydrogen) atoms. The Bertz CT molecular complexity index is 1020. The Kier molecular flexibility index (Phi) is 5.12. The molecule has 1 fully saturated rings. The van der Waals surface area contributed by atoms with Crippen LogP contribution < -0.4 is 4.90 Å². The molecule has 1 aliphatic heterocycles. The molecule has 0 atom stereocenters. The zero-order valence-electron chi connectivity index (χ0n) is 14.7. The fraction of sp³-hybridized carbons (Fsp3) is 0.278. The maximum absolute atomic E-state index is 13.0. The van der Waals surface area contributed by atoms with Crippen molar-refractivity contribution in [2.24, 2.45) is 0 Å². The molecule has 1 aliphatic rings. The maximum atomic E-state index is 13.0. The van der Waals surface area contributed by atoms with Crippen LogP contribution in [0.25, 0.3) is 0 Å². The molecule has 1 aromatic heterocycles. The molecule has 0 bridgehead atoms. The highest BCUT2D eigenvalue weighted by Crippen LogP contribution is 2.25. The van der Waals surface area contributed by atoms with Gasteiger partial charge in [0.25, 0.3) is 0 Å². The Labute approximate surface area is 157 Å². The fourth-order valence-corrected chi connectivity index (χ4v) is 4.73. The maximum Gasteiger partial charge on any atom is 0.335 e. The SMILES string of the molecule is Cc1ccc(C(=O)O)cc1S(=O)(=O)N1CCN(c2cnccc2C#N)CC1. The lowest BCUT2D eigenvalue weighted by atomic mass is 10.1. The number of benzene rings is 1. The van der Waals surface area contributed by atoms with E-state index in [9.17, 15) is 18.5 Å². The summed E-state index contributed by atoms with van der Waals surface area (Å²) in [4.78, 5) is 17.2. The molecule has 0 radical (unpaired) electrons. The second-order valence-corrected chi connectivity index (χ2v) is 8.09. The summed E-state index contributed by atoms with van der Waals surface area (Å²) in [6.45, 7) is 2.94. The van der Waals surface area contributed by atoms with Crippen LogP contribution >= 0.6 is 0 Å². The summed E-state index contributed by atoms with van der Waals surface area (Å²) in [5.74, 6) is -1.17. The monoisotopic (exact) mass is 386 g/mol. The van der Waals surface area contributed by atoms with Crippen LogP contribution in [-0.4, -0.2) is 55.0 Å². The number of nitrogens with zero attached hydrogens (tertiary/aromatic N) is 4. The first-order valence-corrected chi connectivity index (χ1v) is 9.72. The van der Waals surface area contributed by atoms with E-state index in [2.05, 4.69) is 11.1 Å². The van der Waals surface area contributed by atoms with Gasteiger partial charge in [0.1, 0.15) is 6.07 Å². The van der Waals surface area contributed by atoms with E-state index >= 15 is 0 Å². The van der Waals surface area contributed by atoms with E-state index in [0.717, 1.165) is 0 Å². The molecule has 1 aromatic carbocycles. The summed E-state index contributed by atoms with van der Waals surface area (Å²) < 4.78 is 27.3. The van der Waals surface area contributed by atoms with Gasteiger partial charge in [0.15, 0.2) is 0 Å². The first kappa shape index (κ1) is 18.8. The number of rotatable bonds is 4. The summed E-state index contributed by atoms with van der Waals surface area (Å²) >= 11 is 0. The average molecular weight is 386 g/mol. The second-order valence-electron chi connectivity index (χ2n) is 6.18. The van der Waals surface area contributed by atoms with Gasteiger partial charge in [-0.2, -0.15) is 9.57 Å². The van der Waals surface area contributed by atoms with Gasteiger partial charge in [-0.05, 0) is 30.7 Å². The molecule has 0 saturated carbocycles. The topological polar surface area (TPSA) is 115 Å². The Balaban J connectivity index is 1.82. The van der Waals surface area contributed by atoms with E-state index in [-0.39, 0.29) is 23.5 Å². The highest BCUT2D eigenvalue weighted by atomic mass is 32.2. The molecule has 0 spiro atoms. The number of piperazine rings is 1. The molecule has 0 aliphatic carbocycles. The number of hydrogen-bond acceptors (Lipinski definition) is 6. The van der Waals surface area contributed by atoms with Crippen LogP contribution in [0.3, 0.4) is 0 Å². The van der Waals surface area contributed by atoms with E-state index in [0.29, 0.717) is 29.9 Å². The number of hydrogen-bond donors (Lipinski definition) is 1. The van der Waals surface area contributed by atoms with Gasteiger partial charge in [-0.3, -0.25) is 4.98 Å². The molecule has 2 aromatic rings. The van der Waals surface area contributed by atoms with Gasteiger partial charge in [-0.1, -0.05) is 6.07 Å². The number of sulfonamides is 1. The van der Waals surface area contributed by atoms with Crippen molar-refractivity contribution in [1.82, 2.24) is 9.29 Å². The smallest absolute Gasteiger partial charge is 0.335 e. The predicted octanol–water partition coefficient (Wildman–Crippen LogP) is 1.47. The molecule has 3 rings (SSSR count). The third-order valence-corrected chi connectivity index (χ3v) is 6.59. The number of aromatic nitrogens is 1. The van der Waals surface area contributed by atoms with Crippen molar-refractivity contribution in [3.8, 4) is 6.07 Å². The average Bonchev–Trinajstić information content (AvgIpc) is 2.68. The van der Waals surface area contributed by atoms with Gasteiger partial charge in [0, 0.05) is 32.4 Å².